The highest BCUT2D eigenvalue weighted by Crippen LogP contribution is 2.34. The third-order valence-corrected chi connectivity index (χ3v) is 4.15. The number of esters is 1. The summed E-state index contributed by atoms with van der Waals surface area (Å²) in [6, 6.07) is 7.85. The Morgan fingerprint density at radius 2 is 2.10 bits per heavy atom. The zero-order valence-electron chi connectivity index (χ0n) is 12.6. The van der Waals surface area contributed by atoms with Gasteiger partial charge >= 0.3 is 5.97 Å². The van der Waals surface area contributed by atoms with Crippen LogP contribution in [-0.2, 0) is 21.4 Å². The molecule has 2 heterocycles. The Hall–Kier alpha value is -2.23. The lowest BCUT2D eigenvalue weighted by molar-refractivity contribution is -0.142. The van der Waals surface area contributed by atoms with Crippen molar-refractivity contribution in [3.8, 4) is 0 Å². The maximum atomic E-state index is 11.9. The van der Waals surface area contributed by atoms with Gasteiger partial charge in [-0.3, -0.25) is 0 Å². The van der Waals surface area contributed by atoms with Crippen LogP contribution < -0.4 is 5.32 Å². The quantitative estimate of drug-likeness (QED) is 0.792. The molecule has 2 N–H and O–H groups in total. The van der Waals surface area contributed by atoms with E-state index in [9.17, 15) is 4.79 Å². The van der Waals surface area contributed by atoms with Crippen LogP contribution in [0.5, 0.6) is 0 Å². The van der Waals surface area contributed by atoms with E-state index in [0.29, 0.717) is 6.42 Å². The number of aromatic amines is 1. The molecule has 0 radical (unpaired) electrons. The molecule has 0 bridgehead atoms. The number of carbonyl (C=O) groups excluding carboxylic acids is 1. The van der Waals surface area contributed by atoms with Gasteiger partial charge in [0.1, 0.15) is 6.04 Å². The minimum atomic E-state index is -0.361. The van der Waals surface area contributed by atoms with Gasteiger partial charge in [0.25, 0.3) is 0 Å². The maximum Gasteiger partial charge on any atom is 0.328 e. The molecular weight excluding hydrogens is 264 g/mol. The molecule has 1 aromatic heterocycles. The summed E-state index contributed by atoms with van der Waals surface area (Å²) in [5.74, 6) is -0.240. The molecule has 0 aliphatic carbocycles. The third-order valence-electron chi connectivity index (χ3n) is 4.15. The van der Waals surface area contributed by atoms with Crippen molar-refractivity contribution in [1.29, 1.82) is 0 Å². The molecule has 1 atom stereocenters. The number of nitrogens with one attached hydrogen (secondary N) is 2. The van der Waals surface area contributed by atoms with E-state index in [-0.39, 0.29) is 17.4 Å². The summed E-state index contributed by atoms with van der Waals surface area (Å²) in [6.07, 6.45) is 4.55. The van der Waals surface area contributed by atoms with Gasteiger partial charge in [0.15, 0.2) is 0 Å². The lowest BCUT2D eigenvalue weighted by Crippen LogP contribution is -2.38. The highest BCUT2D eigenvalue weighted by Gasteiger charge is 2.30. The van der Waals surface area contributed by atoms with Gasteiger partial charge in [-0.2, -0.15) is 0 Å². The number of para-hydroxylation sites is 1. The standard InChI is InChI=1S/C17H20N2O2/c1-17(2)8-9-18-14(16(20)21-3)10-12-11-6-4-5-7-13(11)19-15(12)17/h4-9,14,18-19H,10H2,1-3H3/b9-8-/t14-/m0/s1. The summed E-state index contributed by atoms with van der Waals surface area (Å²) in [7, 11) is 1.42. The van der Waals surface area contributed by atoms with Crippen molar-refractivity contribution in [2.45, 2.75) is 31.7 Å². The molecule has 4 nitrogen and oxygen atoms in total. The number of allylic oxidation sites excluding steroid dienone is 1. The van der Waals surface area contributed by atoms with Crippen molar-refractivity contribution in [2.24, 2.45) is 0 Å². The molecule has 0 spiro atoms. The second-order valence-electron chi connectivity index (χ2n) is 6.03. The van der Waals surface area contributed by atoms with E-state index in [1.54, 1.807) is 0 Å². The van der Waals surface area contributed by atoms with E-state index in [0.717, 1.165) is 11.2 Å². The molecule has 0 saturated carbocycles. The number of ether oxygens (including phenoxy) is 1. The summed E-state index contributed by atoms with van der Waals surface area (Å²) in [5, 5.41) is 4.33. The Morgan fingerprint density at radius 1 is 1.33 bits per heavy atom. The molecule has 110 valence electrons. The number of hydrogen-bond donors (Lipinski definition) is 2. The average Bonchev–Trinajstić information content (AvgIpc) is 2.83. The summed E-state index contributed by atoms with van der Waals surface area (Å²) in [4.78, 5) is 15.5. The predicted molar refractivity (Wildman–Crippen MR) is 83.1 cm³/mol. The van der Waals surface area contributed by atoms with Crippen molar-refractivity contribution in [1.82, 2.24) is 10.3 Å². The Bertz CT molecular complexity index is 713. The fourth-order valence-electron chi connectivity index (χ4n) is 2.97. The van der Waals surface area contributed by atoms with Gasteiger partial charge in [0.2, 0.25) is 0 Å². The van der Waals surface area contributed by atoms with Crippen molar-refractivity contribution >= 4 is 16.9 Å². The van der Waals surface area contributed by atoms with Gasteiger partial charge in [-0.1, -0.05) is 38.1 Å². The first-order valence-corrected chi connectivity index (χ1v) is 7.14. The van der Waals surface area contributed by atoms with Crippen LogP contribution in [0.25, 0.3) is 10.9 Å². The van der Waals surface area contributed by atoms with Gasteiger partial charge < -0.3 is 15.0 Å². The zero-order chi connectivity index (χ0) is 15.0. The minimum absolute atomic E-state index is 0.123. The average molecular weight is 284 g/mol. The lowest BCUT2D eigenvalue weighted by Gasteiger charge is -2.26. The van der Waals surface area contributed by atoms with Crippen LogP contribution >= 0.6 is 0 Å². The van der Waals surface area contributed by atoms with E-state index in [2.05, 4.69) is 42.4 Å². The largest absolute Gasteiger partial charge is 0.467 e. The summed E-state index contributed by atoms with van der Waals surface area (Å²) in [5.41, 5.74) is 3.33. The Labute approximate surface area is 124 Å². The first-order chi connectivity index (χ1) is 10.0. The van der Waals surface area contributed by atoms with Crippen LogP contribution in [0.4, 0.5) is 0 Å². The summed E-state index contributed by atoms with van der Waals surface area (Å²) >= 11 is 0. The SMILES string of the molecule is COC(=O)[C@@H]1Cc2c([nH]c3ccccc23)C(C)(C)/C=C\N1. The molecule has 2 aromatic rings. The van der Waals surface area contributed by atoms with Gasteiger partial charge in [-0.05, 0) is 17.8 Å². The van der Waals surface area contributed by atoms with E-state index in [1.165, 1.54) is 18.1 Å². The molecule has 0 unspecified atom stereocenters. The fourth-order valence-corrected chi connectivity index (χ4v) is 2.97. The normalized spacial score (nSPS) is 21.8. The lowest BCUT2D eigenvalue weighted by atomic mass is 9.84. The van der Waals surface area contributed by atoms with Crippen LogP contribution in [0.15, 0.2) is 36.5 Å². The monoisotopic (exact) mass is 284 g/mol. The molecule has 4 heteroatoms. The van der Waals surface area contributed by atoms with Crippen molar-refractivity contribution in [2.75, 3.05) is 7.11 Å². The molecule has 0 fully saturated rings. The molecule has 21 heavy (non-hydrogen) atoms. The molecule has 0 saturated heterocycles. The number of aromatic nitrogens is 1. The van der Waals surface area contributed by atoms with Gasteiger partial charge in [0.05, 0.1) is 7.11 Å². The van der Waals surface area contributed by atoms with Crippen molar-refractivity contribution in [3.05, 3.63) is 47.8 Å². The first kappa shape index (κ1) is 13.7. The third kappa shape index (κ3) is 2.31. The first-order valence-electron chi connectivity index (χ1n) is 7.14. The topological polar surface area (TPSA) is 54.1 Å². The highest BCUT2D eigenvalue weighted by molar-refractivity contribution is 5.86. The fraction of sp³-hybridized carbons (Fsp3) is 0.353. The number of benzene rings is 1. The van der Waals surface area contributed by atoms with Crippen LogP contribution in [0.1, 0.15) is 25.1 Å². The number of carbonyl (C=O) groups is 1. The Balaban J connectivity index is 2.18. The predicted octanol–water partition coefficient (Wildman–Crippen LogP) is 2.65. The van der Waals surface area contributed by atoms with Gasteiger partial charge in [-0.15, -0.1) is 0 Å². The van der Waals surface area contributed by atoms with E-state index < -0.39 is 0 Å². The molecule has 1 aromatic carbocycles. The zero-order valence-corrected chi connectivity index (χ0v) is 12.6. The molecule has 1 aliphatic rings. The Morgan fingerprint density at radius 3 is 2.86 bits per heavy atom. The smallest absolute Gasteiger partial charge is 0.328 e. The van der Waals surface area contributed by atoms with E-state index in [1.807, 2.05) is 18.3 Å². The number of methoxy groups -OCH3 is 1. The van der Waals surface area contributed by atoms with Gasteiger partial charge in [0, 0.05) is 28.4 Å². The number of hydrogen-bond acceptors (Lipinski definition) is 3. The van der Waals surface area contributed by atoms with E-state index >= 15 is 0 Å². The molecule has 0 amide bonds. The highest BCUT2D eigenvalue weighted by atomic mass is 16.5. The van der Waals surface area contributed by atoms with Crippen LogP contribution in [0.2, 0.25) is 0 Å². The van der Waals surface area contributed by atoms with Crippen LogP contribution in [0, 0.1) is 0 Å². The number of fused-ring (bicyclic) bond motifs is 3. The minimum Gasteiger partial charge on any atom is -0.467 e. The molecule has 3 rings (SSSR count). The summed E-state index contributed by atoms with van der Waals surface area (Å²) in [6.45, 7) is 4.33. The second-order valence-corrected chi connectivity index (χ2v) is 6.03. The maximum absolute atomic E-state index is 11.9. The van der Waals surface area contributed by atoms with Crippen molar-refractivity contribution < 1.29 is 9.53 Å². The summed E-state index contributed by atoms with van der Waals surface area (Å²) < 4.78 is 4.90. The number of rotatable bonds is 1. The number of H-pyrrole nitrogens is 1. The van der Waals surface area contributed by atoms with Gasteiger partial charge in [-0.25, -0.2) is 4.79 Å². The molecule has 1 aliphatic heterocycles. The van der Waals surface area contributed by atoms with Crippen molar-refractivity contribution in [3.63, 3.8) is 0 Å². The second kappa shape index (κ2) is 4.95. The van der Waals surface area contributed by atoms with Crippen LogP contribution in [0.3, 0.4) is 0 Å². The Kier molecular flexibility index (Phi) is 3.24. The van der Waals surface area contributed by atoms with Crippen LogP contribution in [-0.4, -0.2) is 24.1 Å². The molecular formula is C17H20N2O2. The van der Waals surface area contributed by atoms with E-state index in [4.69, 9.17) is 4.74 Å².